The molecular formula is C20H8F8N6O. The van der Waals surface area contributed by atoms with Crippen LogP contribution in [0, 0.1) is 46.5 Å². The Hall–Kier alpha value is -4.35. The van der Waals surface area contributed by atoms with E-state index in [4.69, 9.17) is 11.1 Å². The first kappa shape index (κ1) is 25.3. The van der Waals surface area contributed by atoms with Gasteiger partial charge in [-0.05, 0) is 42.5 Å². The van der Waals surface area contributed by atoms with E-state index < -0.39 is 86.0 Å². The van der Waals surface area contributed by atoms with Gasteiger partial charge >= 0.3 is 0 Å². The van der Waals surface area contributed by atoms with Crippen molar-refractivity contribution in [3.63, 3.8) is 0 Å². The molecule has 35 heavy (non-hydrogen) atoms. The summed E-state index contributed by atoms with van der Waals surface area (Å²) < 4.78 is 113. The van der Waals surface area contributed by atoms with Gasteiger partial charge in [-0.3, -0.25) is 4.79 Å². The van der Waals surface area contributed by atoms with Crippen LogP contribution >= 0.6 is 0 Å². The highest BCUT2D eigenvalue weighted by Gasteiger charge is 2.29. The third kappa shape index (κ3) is 4.42. The Bertz CT molecular complexity index is 1270. The van der Waals surface area contributed by atoms with Crippen LogP contribution in [0.25, 0.3) is 33.0 Å². The van der Waals surface area contributed by atoms with Crippen LogP contribution in [0.5, 0.6) is 0 Å². The molecule has 0 atom stereocenters. The maximum Gasteiger partial charge on any atom is 0.185 e. The van der Waals surface area contributed by atoms with Gasteiger partial charge in [-0.15, -0.1) is 0 Å². The summed E-state index contributed by atoms with van der Waals surface area (Å²) in [6.07, 6.45) is 0.606. The van der Waals surface area contributed by atoms with Crippen molar-refractivity contribution in [2.75, 3.05) is 0 Å². The van der Waals surface area contributed by atoms with Crippen molar-refractivity contribution in [3.8, 4) is 0 Å². The predicted molar refractivity (Wildman–Crippen MR) is 105 cm³/mol. The van der Waals surface area contributed by atoms with E-state index >= 15 is 0 Å². The Morgan fingerprint density at radius 2 is 0.914 bits per heavy atom. The minimum absolute atomic E-state index is 0.0411. The van der Waals surface area contributed by atoms with Gasteiger partial charge < -0.3 is 0 Å². The molecule has 180 valence electrons. The first-order chi connectivity index (χ1) is 16.5. The SMILES string of the molecule is [N-]=[N+]=Nc1c(F)c(F)c(/C=C2/CCC/C(=C\c3c(F)c(F)c(N=[N+]=[N-])c(F)c3F)C2=O)c(F)c1F. The summed E-state index contributed by atoms with van der Waals surface area (Å²) >= 11 is 0. The predicted octanol–water partition coefficient (Wildman–Crippen LogP) is 7.90. The lowest BCUT2D eigenvalue weighted by Crippen LogP contribution is -2.13. The number of carbonyl (C=O) groups excluding carboxylic acids is 1. The highest BCUT2D eigenvalue weighted by atomic mass is 19.2. The van der Waals surface area contributed by atoms with Gasteiger partial charge in [0.1, 0.15) is 11.4 Å². The zero-order valence-corrected chi connectivity index (χ0v) is 16.9. The normalized spacial score (nSPS) is 15.8. The first-order valence-electron chi connectivity index (χ1n) is 9.33. The van der Waals surface area contributed by atoms with Crippen LogP contribution in [0.1, 0.15) is 30.4 Å². The summed E-state index contributed by atoms with van der Waals surface area (Å²) in [6, 6.07) is 0. The van der Waals surface area contributed by atoms with E-state index in [0.29, 0.717) is 12.2 Å². The second kappa shape index (κ2) is 9.87. The van der Waals surface area contributed by atoms with E-state index in [-0.39, 0.29) is 19.3 Å². The van der Waals surface area contributed by atoms with E-state index in [1.165, 1.54) is 0 Å². The maximum atomic E-state index is 14.3. The molecule has 2 aromatic carbocycles. The summed E-state index contributed by atoms with van der Waals surface area (Å²) in [6.45, 7) is 0. The Labute approximate surface area is 189 Å². The fraction of sp³-hybridized carbons (Fsp3) is 0.150. The van der Waals surface area contributed by atoms with Crippen LogP contribution in [0.2, 0.25) is 0 Å². The molecule has 0 aromatic heterocycles. The fourth-order valence-electron chi connectivity index (χ4n) is 3.32. The van der Waals surface area contributed by atoms with Crippen LogP contribution in [-0.2, 0) is 4.79 Å². The number of azide groups is 2. The van der Waals surface area contributed by atoms with Gasteiger partial charge in [0.05, 0.1) is 11.1 Å². The van der Waals surface area contributed by atoms with E-state index in [1.807, 2.05) is 0 Å². The summed E-state index contributed by atoms with van der Waals surface area (Å²) in [5, 5.41) is 5.07. The van der Waals surface area contributed by atoms with Crippen molar-refractivity contribution < 1.29 is 39.9 Å². The van der Waals surface area contributed by atoms with Crippen molar-refractivity contribution in [2.24, 2.45) is 10.2 Å². The van der Waals surface area contributed by atoms with Crippen molar-refractivity contribution in [3.05, 3.63) is 89.7 Å². The van der Waals surface area contributed by atoms with Gasteiger partial charge in [0.15, 0.2) is 52.3 Å². The highest BCUT2D eigenvalue weighted by molar-refractivity contribution is 6.14. The van der Waals surface area contributed by atoms with E-state index in [0.717, 1.165) is 0 Å². The van der Waals surface area contributed by atoms with Gasteiger partial charge in [-0.25, -0.2) is 35.1 Å². The molecule has 1 saturated carbocycles. The standard InChI is InChI=1S/C20H8F8N6O/c21-10-8(11(22)15(26)18(14(10)25)31-33-29)4-6-2-1-3-7(20(6)35)5-9-12(23)16(27)19(32-34-30)17(28)13(9)24/h4-5H,1-3H2/b6-4-,7-5+. The maximum absolute atomic E-state index is 14.3. The zero-order valence-electron chi connectivity index (χ0n) is 16.9. The van der Waals surface area contributed by atoms with Crippen molar-refractivity contribution in [1.82, 2.24) is 0 Å². The molecular weight excluding hydrogens is 492 g/mol. The second-order valence-electron chi connectivity index (χ2n) is 6.94. The van der Waals surface area contributed by atoms with E-state index in [2.05, 4.69) is 20.1 Å². The molecule has 0 unspecified atom stereocenters. The number of Topliss-reactive ketones (excluding diaryl/α,β-unsaturated/α-hetero) is 1. The molecule has 0 spiro atoms. The van der Waals surface area contributed by atoms with Crippen molar-refractivity contribution >= 4 is 29.3 Å². The third-order valence-electron chi connectivity index (χ3n) is 4.95. The van der Waals surface area contributed by atoms with Crippen LogP contribution in [0.3, 0.4) is 0 Å². The lowest BCUT2D eigenvalue weighted by atomic mass is 9.86. The van der Waals surface area contributed by atoms with Gasteiger partial charge in [-0.1, -0.05) is 10.2 Å². The number of hydrogen-bond acceptors (Lipinski definition) is 3. The fourth-order valence-corrected chi connectivity index (χ4v) is 3.32. The topological polar surface area (TPSA) is 115 Å². The number of rotatable bonds is 4. The van der Waals surface area contributed by atoms with Crippen LogP contribution in [0.4, 0.5) is 46.5 Å². The van der Waals surface area contributed by atoms with E-state index in [9.17, 15) is 39.9 Å². The van der Waals surface area contributed by atoms with Crippen molar-refractivity contribution in [1.29, 1.82) is 0 Å². The minimum atomic E-state index is -2.03. The minimum Gasteiger partial charge on any atom is -0.289 e. The van der Waals surface area contributed by atoms with Crippen LogP contribution < -0.4 is 0 Å². The number of halogens is 8. The molecule has 0 aliphatic heterocycles. The lowest BCUT2D eigenvalue weighted by Gasteiger charge is -2.17. The third-order valence-corrected chi connectivity index (χ3v) is 4.95. The average Bonchev–Trinajstić information content (AvgIpc) is 2.84. The van der Waals surface area contributed by atoms with Crippen molar-refractivity contribution in [2.45, 2.75) is 19.3 Å². The highest BCUT2D eigenvalue weighted by Crippen LogP contribution is 2.36. The summed E-state index contributed by atoms with van der Waals surface area (Å²) in [5.74, 6) is -17.1. The molecule has 0 N–H and O–H groups in total. The van der Waals surface area contributed by atoms with Crippen LogP contribution in [-0.4, -0.2) is 5.78 Å². The van der Waals surface area contributed by atoms with Gasteiger partial charge in [0, 0.05) is 21.0 Å². The molecule has 1 aliphatic rings. The molecule has 15 heteroatoms. The molecule has 0 bridgehead atoms. The molecule has 1 fully saturated rings. The molecule has 0 heterocycles. The number of allylic oxidation sites excluding steroid dienone is 2. The number of benzene rings is 2. The van der Waals surface area contributed by atoms with Gasteiger partial charge in [0.25, 0.3) is 0 Å². The molecule has 1 aliphatic carbocycles. The largest absolute Gasteiger partial charge is 0.289 e. The molecule has 0 radical (unpaired) electrons. The summed E-state index contributed by atoms with van der Waals surface area (Å²) in [5.41, 5.74) is 9.88. The Morgan fingerprint density at radius 3 is 1.20 bits per heavy atom. The number of nitrogens with zero attached hydrogens (tertiary/aromatic N) is 6. The van der Waals surface area contributed by atoms with Gasteiger partial charge in [-0.2, -0.15) is 0 Å². The quantitative estimate of drug-likeness (QED) is 0.104. The molecule has 3 rings (SSSR count). The summed E-state index contributed by atoms with van der Waals surface area (Å²) in [4.78, 5) is 16.8. The first-order valence-corrected chi connectivity index (χ1v) is 9.33. The second-order valence-corrected chi connectivity index (χ2v) is 6.94. The molecule has 7 nitrogen and oxygen atoms in total. The summed E-state index contributed by atoms with van der Waals surface area (Å²) in [7, 11) is 0. The monoisotopic (exact) mass is 500 g/mol. The number of ketones is 1. The Morgan fingerprint density at radius 1 is 0.600 bits per heavy atom. The lowest BCUT2D eigenvalue weighted by molar-refractivity contribution is -0.112. The number of carbonyl (C=O) groups is 1. The molecule has 2 aromatic rings. The van der Waals surface area contributed by atoms with E-state index in [1.54, 1.807) is 0 Å². The number of hydrogen-bond donors (Lipinski definition) is 0. The smallest absolute Gasteiger partial charge is 0.185 e. The Kier molecular flexibility index (Phi) is 7.13. The van der Waals surface area contributed by atoms with Gasteiger partial charge in [0.2, 0.25) is 0 Å². The zero-order chi connectivity index (χ0) is 26.0. The van der Waals surface area contributed by atoms with Crippen LogP contribution in [0.15, 0.2) is 21.4 Å². The molecule has 0 saturated heterocycles. The average molecular weight is 500 g/mol. The Balaban J connectivity index is 2.13. The molecule has 0 amide bonds.